The van der Waals surface area contributed by atoms with Gasteiger partial charge in [-0.2, -0.15) is 13.2 Å². The third-order valence-corrected chi connectivity index (χ3v) is 2.60. The van der Waals surface area contributed by atoms with Gasteiger partial charge in [0.05, 0.1) is 0 Å². The average molecular weight is 277 g/mol. The number of alkyl halides is 3. The number of nitrogens with zero attached hydrogens (tertiary/aromatic N) is 3. The average Bonchev–Trinajstić information content (AvgIpc) is 2.38. The Balaban J connectivity index is 3.11. The van der Waals surface area contributed by atoms with Crippen LogP contribution in [0.3, 0.4) is 0 Å². The Morgan fingerprint density at radius 3 is 2.47 bits per heavy atom. The molecule has 108 valence electrons. The van der Waals surface area contributed by atoms with Crippen molar-refractivity contribution in [2.75, 3.05) is 23.4 Å². The van der Waals surface area contributed by atoms with Crippen LogP contribution in [-0.2, 0) is 6.18 Å². The molecule has 0 saturated carbocycles. The van der Waals surface area contributed by atoms with Crippen LogP contribution in [0.15, 0.2) is 6.07 Å². The standard InChI is InChI=1S/C11H18F3N5/c1-3-5-6-19(4-2)9-7-8(18-15)16-10(17-9)11(12,13)14/h7H,3-6,15H2,1-2H3,(H,16,17,18). The van der Waals surface area contributed by atoms with Gasteiger partial charge in [0, 0.05) is 19.2 Å². The van der Waals surface area contributed by atoms with Gasteiger partial charge in [0.2, 0.25) is 5.82 Å². The summed E-state index contributed by atoms with van der Waals surface area (Å²) in [5, 5.41) is 0. The van der Waals surface area contributed by atoms with Gasteiger partial charge in [0.1, 0.15) is 11.6 Å². The Hall–Kier alpha value is -1.57. The predicted molar refractivity (Wildman–Crippen MR) is 67.6 cm³/mol. The highest BCUT2D eigenvalue weighted by atomic mass is 19.4. The summed E-state index contributed by atoms with van der Waals surface area (Å²) in [5.41, 5.74) is 2.14. The van der Waals surface area contributed by atoms with Gasteiger partial charge in [-0.1, -0.05) is 13.3 Å². The molecule has 0 aliphatic rings. The van der Waals surface area contributed by atoms with Gasteiger partial charge in [-0.3, -0.25) is 0 Å². The van der Waals surface area contributed by atoms with Crippen LogP contribution in [0.25, 0.3) is 0 Å². The quantitative estimate of drug-likeness (QED) is 0.617. The molecule has 0 unspecified atom stereocenters. The Bertz CT molecular complexity index is 408. The summed E-state index contributed by atoms with van der Waals surface area (Å²) >= 11 is 0. The Morgan fingerprint density at radius 2 is 2.00 bits per heavy atom. The Labute approximate surface area is 110 Å². The molecule has 8 heteroatoms. The summed E-state index contributed by atoms with van der Waals surface area (Å²) in [5.74, 6) is 4.14. The van der Waals surface area contributed by atoms with Gasteiger partial charge in [-0.25, -0.2) is 15.8 Å². The van der Waals surface area contributed by atoms with Gasteiger partial charge in [0.15, 0.2) is 0 Å². The maximum Gasteiger partial charge on any atom is 0.451 e. The van der Waals surface area contributed by atoms with E-state index in [1.165, 1.54) is 6.07 Å². The van der Waals surface area contributed by atoms with E-state index in [0.29, 0.717) is 13.1 Å². The van der Waals surface area contributed by atoms with Gasteiger partial charge >= 0.3 is 6.18 Å². The zero-order chi connectivity index (χ0) is 14.5. The number of anilines is 2. The number of aromatic nitrogens is 2. The first kappa shape index (κ1) is 15.5. The number of nitrogens with two attached hydrogens (primary N) is 1. The number of nitrogens with one attached hydrogen (secondary N) is 1. The minimum absolute atomic E-state index is 0.0488. The zero-order valence-corrected chi connectivity index (χ0v) is 11.0. The molecule has 0 fully saturated rings. The van der Waals surface area contributed by atoms with Crippen molar-refractivity contribution in [3.63, 3.8) is 0 Å². The van der Waals surface area contributed by atoms with E-state index in [-0.39, 0.29) is 11.6 Å². The van der Waals surface area contributed by atoms with Crippen molar-refractivity contribution in [3.05, 3.63) is 11.9 Å². The fraction of sp³-hybridized carbons (Fsp3) is 0.636. The molecule has 1 heterocycles. The fourth-order valence-corrected chi connectivity index (χ4v) is 1.58. The summed E-state index contributed by atoms with van der Waals surface area (Å²) < 4.78 is 38.1. The molecule has 19 heavy (non-hydrogen) atoms. The van der Waals surface area contributed by atoms with Crippen molar-refractivity contribution in [2.45, 2.75) is 32.9 Å². The lowest BCUT2D eigenvalue weighted by atomic mass is 10.3. The molecule has 1 aromatic heterocycles. The number of nitrogen functional groups attached to an aromatic ring is 1. The lowest BCUT2D eigenvalue weighted by molar-refractivity contribution is -0.144. The van der Waals surface area contributed by atoms with Crippen molar-refractivity contribution in [1.82, 2.24) is 9.97 Å². The molecule has 0 aliphatic carbocycles. The van der Waals surface area contributed by atoms with E-state index in [2.05, 4.69) is 15.4 Å². The van der Waals surface area contributed by atoms with Crippen LogP contribution in [0.1, 0.15) is 32.5 Å². The highest BCUT2D eigenvalue weighted by Gasteiger charge is 2.35. The summed E-state index contributed by atoms with van der Waals surface area (Å²) in [6.45, 7) is 5.09. The highest BCUT2D eigenvalue weighted by molar-refractivity contribution is 5.49. The first-order chi connectivity index (χ1) is 8.92. The number of rotatable bonds is 6. The smallest absolute Gasteiger partial charge is 0.357 e. The molecule has 5 nitrogen and oxygen atoms in total. The molecule has 0 saturated heterocycles. The molecule has 0 atom stereocenters. The molecule has 0 spiro atoms. The minimum Gasteiger partial charge on any atom is -0.357 e. The third-order valence-electron chi connectivity index (χ3n) is 2.60. The first-order valence-electron chi connectivity index (χ1n) is 6.10. The van der Waals surface area contributed by atoms with Gasteiger partial charge in [-0.15, -0.1) is 0 Å². The van der Waals surface area contributed by atoms with E-state index >= 15 is 0 Å². The van der Waals surface area contributed by atoms with Crippen LogP contribution >= 0.6 is 0 Å². The normalized spacial score (nSPS) is 11.5. The second kappa shape index (κ2) is 6.55. The van der Waals surface area contributed by atoms with Gasteiger partial charge < -0.3 is 10.3 Å². The fourth-order valence-electron chi connectivity index (χ4n) is 1.58. The maximum absolute atomic E-state index is 12.7. The number of halogens is 3. The third kappa shape index (κ3) is 4.23. The van der Waals surface area contributed by atoms with E-state index in [9.17, 15) is 13.2 Å². The molecule has 3 N–H and O–H groups in total. The lowest BCUT2D eigenvalue weighted by Crippen LogP contribution is -2.27. The van der Waals surface area contributed by atoms with Crippen molar-refractivity contribution in [1.29, 1.82) is 0 Å². The minimum atomic E-state index is -4.59. The van der Waals surface area contributed by atoms with Gasteiger partial charge in [0.25, 0.3) is 0 Å². The van der Waals surface area contributed by atoms with Crippen LogP contribution in [0.4, 0.5) is 24.8 Å². The highest BCUT2D eigenvalue weighted by Crippen LogP contribution is 2.29. The second-order valence-electron chi connectivity index (χ2n) is 4.01. The van der Waals surface area contributed by atoms with Crippen LogP contribution in [0.5, 0.6) is 0 Å². The second-order valence-corrected chi connectivity index (χ2v) is 4.01. The molecular formula is C11H18F3N5. The first-order valence-corrected chi connectivity index (χ1v) is 6.10. The molecule has 0 bridgehead atoms. The topological polar surface area (TPSA) is 67.1 Å². The number of unbranched alkanes of at least 4 members (excludes halogenated alkanes) is 1. The summed E-state index contributed by atoms with van der Waals surface area (Å²) in [4.78, 5) is 8.66. The predicted octanol–water partition coefficient (Wildman–Crippen LogP) is 2.41. The van der Waals surface area contributed by atoms with Crippen molar-refractivity contribution in [2.24, 2.45) is 5.84 Å². The SMILES string of the molecule is CCCCN(CC)c1cc(NN)nc(C(F)(F)F)n1. The molecule has 0 amide bonds. The monoisotopic (exact) mass is 277 g/mol. The molecule has 0 aromatic carbocycles. The maximum atomic E-state index is 12.7. The van der Waals surface area contributed by atoms with Crippen LogP contribution in [0, 0.1) is 0 Å². The molecule has 0 aliphatic heterocycles. The lowest BCUT2D eigenvalue weighted by Gasteiger charge is -2.22. The number of hydrazine groups is 1. The number of hydrogen-bond donors (Lipinski definition) is 2. The van der Waals surface area contributed by atoms with E-state index in [1.807, 2.05) is 13.8 Å². The van der Waals surface area contributed by atoms with E-state index in [0.717, 1.165) is 12.8 Å². The Morgan fingerprint density at radius 1 is 1.32 bits per heavy atom. The zero-order valence-electron chi connectivity index (χ0n) is 11.0. The molecule has 0 radical (unpaired) electrons. The van der Waals surface area contributed by atoms with Crippen LogP contribution < -0.4 is 16.2 Å². The van der Waals surface area contributed by atoms with Crippen molar-refractivity contribution < 1.29 is 13.2 Å². The molecule has 1 rings (SSSR count). The molecular weight excluding hydrogens is 259 g/mol. The summed E-state index contributed by atoms with van der Waals surface area (Å²) in [6, 6.07) is 1.41. The Kier molecular flexibility index (Phi) is 5.34. The largest absolute Gasteiger partial charge is 0.451 e. The van der Waals surface area contributed by atoms with E-state index in [4.69, 9.17) is 5.84 Å². The van der Waals surface area contributed by atoms with Crippen LogP contribution in [0.2, 0.25) is 0 Å². The van der Waals surface area contributed by atoms with Crippen molar-refractivity contribution in [3.8, 4) is 0 Å². The molecule has 1 aromatic rings. The van der Waals surface area contributed by atoms with Crippen molar-refractivity contribution >= 4 is 11.6 Å². The van der Waals surface area contributed by atoms with Crippen LogP contribution in [-0.4, -0.2) is 23.1 Å². The van der Waals surface area contributed by atoms with E-state index < -0.39 is 12.0 Å². The van der Waals surface area contributed by atoms with E-state index in [1.54, 1.807) is 4.90 Å². The summed E-state index contributed by atoms with van der Waals surface area (Å²) in [7, 11) is 0. The summed E-state index contributed by atoms with van der Waals surface area (Å²) in [6.07, 6.45) is -2.76. The number of hydrogen-bond acceptors (Lipinski definition) is 5. The van der Waals surface area contributed by atoms with Gasteiger partial charge in [-0.05, 0) is 13.3 Å².